The van der Waals surface area contributed by atoms with Crippen LogP contribution in [0.25, 0.3) is 16.8 Å². The number of benzene rings is 3. The van der Waals surface area contributed by atoms with E-state index in [-0.39, 0.29) is 0 Å². The van der Waals surface area contributed by atoms with E-state index in [1.54, 1.807) is 0 Å². The number of fused-ring (bicyclic) bond motifs is 1. The lowest BCUT2D eigenvalue weighted by Crippen LogP contribution is -2.16. The summed E-state index contributed by atoms with van der Waals surface area (Å²) >= 11 is 0. The molecule has 0 atom stereocenters. The van der Waals surface area contributed by atoms with Crippen molar-refractivity contribution >= 4 is 22.5 Å². The molecule has 0 amide bonds. The summed E-state index contributed by atoms with van der Waals surface area (Å²) in [5, 5.41) is 2.59. The zero-order chi connectivity index (χ0) is 15.4. The molecule has 110 valence electrons. The molecule has 1 nitrogen and oxygen atoms in total. The van der Waals surface area contributed by atoms with Gasteiger partial charge >= 0.3 is 0 Å². The van der Waals surface area contributed by atoms with Crippen LogP contribution in [-0.4, -0.2) is 13.6 Å². The van der Waals surface area contributed by atoms with Gasteiger partial charge in [0.25, 0.3) is 0 Å². The van der Waals surface area contributed by atoms with E-state index in [1.807, 2.05) is 0 Å². The molecule has 1 heteroatoms. The molecule has 3 rings (SSSR count). The van der Waals surface area contributed by atoms with Gasteiger partial charge in [0.1, 0.15) is 0 Å². The first-order chi connectivity index (χ1) is 10.7. The van der Waals surface area contributed by atoms with Crippen molar-refractivity contribution in [3.8, 4) is 0 Å². The Hall–Kier alpha value is -2.54. The lowest BCUT2D eigenvalue weighted by atomic mass is 10.1. The van der Waals surface area contributed by atoms with Crippen molar-refractivity contribution in [1.29, 1.82) is 0 Å². The molecule has 0 N–H and O–H groups in total. The molecule has 0 saturated carbocycles. The molecule has 0 bridgehead atoms. The molecule has 0 fully saturated rings. The van der Waals surface area contributed by atoms with Gasteiger partial charge in [0.2, 0.25) is 0 Å². The summed E-state index contributed by atoms with van der Waals surface area (Å²) in [4.78, 5) is 2.28. The van der Waals surface area contributed by atoms with Gasteiger partial charge < -0.3 is 4.90 Å². The highest BCUT2D eigenvalue weighted by Crippen LogP contribution is 2.25. The lowest BCUT2D eigenvalue weighted by molar-refractivity contribution is 1.04. The Morgan fingerprint density at radius 3 is 2.41 bits per heavy atom. The summed E-state index contributed by atoms with van der Waals surface area (Å²) in [5.74, 6) is 0. The molecular formula is C21H21N. The Labute approximate surface area is 132 Å². The van der Waals surface area contributed by atoms with Crippen molar-refractivity contribution in [3.05, 3.63) is 83.9 Å². The van der Waals surface area contributed by atoms with Gasteiger partial charge in [-0.3, -0.25) is 0 Å². The van der Waals surface area contributed by atoms with E-state index in [4.69, 9.17) is 0 Å². The van der Waals surface area contributed by atoms with Crippen molar-refractivity contribution in [2.45, 2.75) is 6.92 Å². The smallest absolute Gasteiger partial charge is 0.0446 e. The standard InChI is InChI=1S/C21H21N/c1-17-12-14-18(15-13-17)7-6-16-22(2)21-11-5-9-19-8-3-4-10-20(19)21/h3-15H,16H2,1-2H3/b7-6+. The normalized spacial score (nSPS) is 11.2. The van der Waals surface area contributed by atoms with Crippen molar-refractivity contribution < 1.29 is 0 Å². The average molecular weight is 287 g/mol. The van der Waals surface area contributed by atoms with E-state index in [0.29, 0.717) is 0 Å². The number of hydrogen-bond donors (Lipinski definition) is 0. The minimum Gasteiger partial charge on any atom is -0.370 e. The second-order valence-corrected chi connectivity index (χ2v) is 5.69. The van der Waals surface area contributed by atoms with Crippen LogP contribution < -0.4 is 4.90 Å². The molecule has 0 spiro atoms. The minimum atomic E-state index is 0.891. The highest BCUT2D eigenvalue weighted by molar-refractivity contribution is 5.94. The van der Waals surface area contributed by atoms with Crippen LogP contribution in [0.1, 0.15) is 11.1 Å². The number of likely N-dealkylation sites (N-methyl/N-ethyl adjacent to an activating group) is 1. The SMILES string of the molecule is Cc1ccc(/C=C/CN(C)c2cccc3ccccc23)cc1. The van der Waals surface area contributed by atoms with Crippen LogP contribution in [0, 0.1) is 6.92 Å². The monoisotopic (exact) mass is 287 g/mol. The first-order valence-electron chi connectivity index (χ1n) is 7.66. The maximum Gasteiger partial charge on any atom is 0.0446 e. The van der Waals surface area contributed by atoms with Crippen LogP contribution in [-0.2, 0) is 0 Å². The van der Waals surface area contributed by atoms with Crippen molar-refractivity contribution in [2.24, 2.45) is 0 Å². The fraction of sp³-hybridized carbons (Fsp3) is 0.143. The number of anilines is 1. The molecule has 0 unspecified atom stereocenters. The fourth-order valence-corrected chi connectivity index (χ4v) is 2.66. The molecule has 0 aromatic heterocycles. The minimum absolute atomic E-state index is 0.891. The van der Waals surface area contributed by atoms with Gasteiger partial charge in [0.15, 0.2) is 0 Å². The number of rotatable bonds is 4. The number of nitrogens with zero attached hydrogens (tertiary/aromatic N) is 1. The summed E-state index contributed by atoms with van der Waals surface area (Å²) in [7, 11) is 2.14. The molecule has 0 saturated heterocycles. The van der Waals surface area contributed by atoms with Crippen molar-refractivity contribution in [1.82, 2.24) is 0 Å². The van der Waals surface area contributed by atoms with E-state index in [0.717, 1.165) is 6.54 Å². The van der Waals surface area contributed by atoms with Gasteiger partial charge in [-0.15, -0.1) is 0 Å². The van der Waals surface area contributed by atoms with Gasteiger partial charge in [-0.25, -0.2) is 0 Å². The molecule has 0 heterocycles. The van der Waals surface area contributed by atoms with E-state index in [9.17, 15) is 0 Å². The van der Waals surface area contributed by atoms with Gasteiger partial charge in [-0.05, 0) is 23.9 Å². The third kappa shape index (κ3) is 3.20. The summed E-state index contributed by atoms with van der Waals surface area (Å²) in [6.45, 7) is 3.00. The molecule has 3 aromatic rings. The Balaban J connectivity index is 1.76. The summed E-state index contributed by atoms with van der Waals surface area (Å²) in [6.07, 6.45) is 4.40. The largest absolute Gasteiger partial charge is 0.370 e. The fourth-order valence-electron chi connectivity index (χ4n) is 2.66. The Bertz CT molecular complexity index is 779. The molecular weight excluding hydrogens is 266 g/mol. The molecule has 22 heavy (non-hydrogen) atoms. The van der Waals surface area contributed by atoms with Crippen LogP contribution in [0.2, 0.25) is 0 Å². The Morgan fingerprint density at radius 1 is 0.864 bits per heavy atom. The van der Waals surface area contributed by atoms with Gasteiger partial charge in [-0.2, -0.15) is 0 Å². The summed E-state index contributed by atoms with van der Waals surface area (Å²) < 4.78 is 0. The number of hydrogen-bond acceptors (Lipinski definition) is 1. The molecule has 0 aliphatic carbocycles. The topological polar surface area (TPSA) is 3.24 Å². The quantitative estimate of drug-likeness (QED) is 0.629. The average Bonchev–Trinajstić information content (AvgIpc) is 2.56. The third-order valence-corrected chi connectivity index (χ3v) is 3.94. The first-order valence-corrected chi connectivity index (χ1v) is 7.66. The van der Waals surface area contributed by atoms with Crippen LogP contribution in [0.3, 0.4) is 0 Å². The van der Waals surface area contributed by atoms with Crippen molar-refractivity contribution in [3.63, 3.8) is 0 Å². The Morgan fingerprint density at radius 2 is 1.59 bits per heavy atom. The Kier molecular flexibility index (Phi) is 4.24. The van der Waals surface area contributed by atoms with Crippen LogP contribution in [0.15, 0.2) is 72.8 Å². The van der Waals surface area contributed by atoms with E-state index >= 15 is 0 Å². The van der Waals surface area contributed by atoms with Crippen LogP contribution >= 0.6 is 0 Å². The van der Waals surface area contributed by atoms with Crippen LogP contribution in [0.4, 0.5) is 5.69 Å². The summed E-state index contributed by atoms with van der Waals surface area (Å²) in [5.41, 5.74) is 3.81. The predicted octanol–water partition coefficient (Wildman–Crippen LogP) is 5.30. The summed E-state index contributed by atoms with van der Waals surface area (Å²) in [6, 6.07) is 23.6. The maximum absolute atomic E-state index is 2.28. The van der Waals surface area contributed by atoms with Crippen LogP contribution in [0.5, 0.6) is 0 Å². The highest BCUT2D eigenvalue weighted by Gasteiger charge is 2.03. The van der Waals surface area contributed by atoms with Crippen molar-refractivity contribution in [2.75, 3.05) is 18.5 Å². The predicted molar refractivity (Wildman–Crippen MR) is 97.4 cm³/mol. The molecule has 3 aromatic carbocycles. The lowest BCUT2D eigenvalue weighted by Gasteiger charge is -2.19. The van der Waals surface area contributed by atoms with Gasteiger partial charge in [0, 0.05) is 24.7 Å². The second kappa shape index (κ2) is 6.48. The van der Waals surface area contributed by atoms with Gasteiger partial charge in [-0.1, -0.05) is 78.4 Å². The first kappa shape index (κ1) is 14.4. The third-order valence-electron chi connectivity index (χ3n) is 3.94. The molecule has 0 radical (unpaired) electrons. The zero-order valence-corrected chi connectivity index (χ0v) is 13.2. The van der Waals surface area contributed by atoms with Gasteiger partial charge in [0.05, 0.1) is 0 Å². The number of aryl methyl sites for hydroxylation is 1. The zero-order valence-electron chi connectivity index (χ0n) is 13.2. The highest BCUT2D eigenvalue weighted by atomic mass is 15.1. The van der Waals surface area contributed by atoms with E-state index in [1.165, 1.54) is 27.6 Å². The van der Waals surface area contributed by atoms with E-state index in [2.05, 4.69) is 97.8 Å². The van der Waals surface area contributed by atoms with E-state index < -0.39 is 0 Å². The maximum atomic E-state index is 2.28. The molecule has 0 aliphatic heterocycles. The second-order valence-electron chi connectivity index (χ2n) is 5.69. The molecule has 0 aliphatic rings.